The molecule has 0 unspecified atom stereocenters. The van der Waals surface area contributed by atoms with E-state index in [1.54, 1.807) is 26.8 Å². The predicted octanol–water partition coefficient (Wildman–Crippen LogP) is 3.00. The number of hydrogen-bond donors (Lipinski definition) is 2. The minimum atomic E-state index is -0.683. The summed E-state index contributed by atoms with van der Waals surface area (Å²) < 4.78 is 6.17. The first-order chi connectivity index (χ1) is 13.4. The summed E-state index contributed by atoms with van der Waals surface area (Å²) in [7, 11) is 0. The lowest BCUT2D eigenvalue weighted by atomic mass is 9.99. The van der Waals surface area contributed by atoms with E-state index in [1.807, 2.05) is 13.0 Å². The Morgan fingerprint density at radius 2 is 2.00 bits per heavy atom. The molecule has 0 aromatic carbocycles. The Morgan fingerprint density at radius 3 is 2.62 bits per heavy atom. The van der Waals surface area contributed by atoms with Gasteiger partial charge in [0.2, 0.25) is 11.8 Å². The lowest BCUT2D eigenvalue weighted by molar-refractivity contribution is -0.121. The molecule has 3 rings (SSSR count). The Hall–Kier alpha value is -2.16. The molecule has 1 aliphatic carbocycles. The maximum atomic E-state index is 13.1. The molecule has 1 aromatic heterocycles. The predicted molar refractivity (Wildman–Crippen MR) is 111 cm³/mol. The number of aryl methyl sites for hydroxylation is 1. The highest BCUT2D eigenvalue weighted by molar-refractivity contribution is 9.10. The molecule has 3 atom stereocenters. The largest absolute Gasteiger partial charge is 0.444 e. The van der Waals surface area contributed by atoms with Gasteiger partial charge in [-0.2, -0.15) is 0 Å². The van der Waals surface area contributed by atoms with Gasteiger partial charge >= 0.3 is 6.09 Å². The van der Waals surface area contributed by atoms with Crippen molar-refractivity contribution in [3.05, 3.63) is 22.3 Å². The molecule has 2 heterocycles. The minimum Gasteiger partial charge on any atom is -0.444 e. The third-order valence-electron chi connectivity index (χ3n) is 5.32. The molecule has 2 fully saturated rings. The van der Waals surface area contributed by atoms with E-state index in [9.17, 15) is 14.4 Å². The fraction of sp³-hybridized carbons (Fsp3) is 0.600. The number of likely N-dealkylation sites (tertiary alicyclic amines) is 1. The van der Waals surface area contributed by atoms with Crippen LogP contribution in [-0.4, -0.2) is 52.0 Å². The van der Waals surface area contributed by atoms with E-state index in [2.05, 4.69) is 31.5 Å². The van der Waals surface area contributed by atoms with Crippen molar-refractivity contribution in [1.29, 1.82) is 0 Å². The fourth-order valence-electron chi connectivity index (χ4n) is 3.82. The lowest BCUT2D eigenvalue weighted by Gasteiger charge is -2.29. The number of nitrogens with one attached hydrogen (secondary N) is 2. The number of carbonyl (C=O) groups excluding carboxylic acids is 3. The lowest BCUT2D eigenvalue weighted by Crippen LogP contribution is -2.47. The molecule has 1 aliphatic heterocycles. The summed E-state index contributed by atoms with van der Waals surface area (Å²) in [5, 5.41) is 5.68. The van der Waals surface area contributed by atoms with Gasteiger partial charge in [0.25, 0.3) is 0 Å². The molecule has 1 saturated heterocycles. The number of aromatic nitrogens is 1. The summed E-state index contributed by atoms with van der Waals surface area (Å²) in [4.78, 5) is 43.2. The molecule has 158 valence electrons. The molecule has 1 saturated carbocycles. The van der Waals surface area contributed by atoms with Gasteiger partial charge in [0, 0.05) is 24.9 Å². The van der Waals surface area contributed by atoms with Crippen LogP contribution in [0.1, 0.15) is 46.1 Å². The van der Waals surface area contributed by atoms with Gasteiger partial charge in [0.1, 0.15) is 22.1 Å². The van der Waals surface area contributed by atoms with Crippen LogP contribution in [0.4, 0.5) is 10.6 Å². The maximum absolute atomic E-state index is 13.1. The summed E-state index contributed by atoms with van der Waals surface area (Å²) in [6.45, 7) is 9.13. The third kappa shape index (κ3) is 4.71. The summed E-state index contributed by atoms with van der Waals surface area (Å²) in [5.74, 6) is 0.0136. The number of hydrogen-bond acceptors (Lipinski definition) is 5. The number of amides is 3. The first kappa shape index (κ1) is 21.5. The topological polar surface area (TPSA) is 101 Å². The van der Waals surface area contributed by atoms with E-state index in [0.29, 0.717) is 23.4 Å². The molecule has 2 N–H and O–H groups in total. The van der Waals surface area contributed by atoms with Crippen molar-refractivity contribution in [3.63, 3.8) is 0 Å². The van der Waals surface area contributed by atoms with Crippen LogP contribution in [0.2, 0.25) is 0 Å². The minimum absolute atomic E-state index is 0.128. The fourth-order valence-corrected chi connectivity index (χ4v) is 4.13. The molecular formula is C20H27BrN4O4. The number of anilines is 1. The van der Waals surface area contributed by atoms with Crippen molar-refractivity contribution in [2.75, 3.05) is 11.9 Å². The van der Waals surface area contributed by atoms with Gasteiger partial charge in [-0.3, -0.25) is 14.5 Å². The van der Waals surface area contributed by atoms with Crippen LogP contribution in [0.25, 0.3) is 0 Å². The molecule has 0 radical (unpaired) electrons. The molecule has 2 aliphatic rings. The second-order valence-electron chi connectivity index (χ2n) is 8.89. The van der Waals surface area contributed by atoms with Crippen LogP contribution in [0.15, 0.2) is 16.7 Å². The monoisotopic (exact) mass is 466 g/mol. The highest BCUT2D eigenvalue weighted by Gasteiger charge is 2.67. The van der Waals surface area contributed by atoms with Crippen molar-refractivity contribution >= 4 is 39.7 Å². The van der Waals surface area contributed by atoms with Crippen LogP contribution < -0.4 is 10.6 Å². The van der Waals surface area contributed by atoms with Crippen LogP contribution >= 0.6 is 15.9 Å². The van der Waals surface area contributed by atoms with Gasteiger partial charge in [0.05, 0.1) is 0 Å². The molecule has 0 spiro atoms. The number of fused-ring (bicyclic) bond motifs is 1. The number of nitrogens with zero attached hydrogens (tertiary/aromatic N) is 2. The summed E-state index contributed by atoms with van der Waals surface area (Å²) in [6.07, 6.45) is 0.698. The Kier molecular flexibility index (Phi) is 5.64. The van der Waals surface area contributed by atoms with Gasteiger partial charge in [-0.05, 0) is 68.1 Å². The van der Waals surface area contributed by atoms with Crippen LogP contribution in [0.5, 0.6) is 0 Å². The Bertz CT molecular complexity index is 853. The molecule has 29 heavy (non-hydrogen) atoms. The zero-order chi connectivity index (χ0) is 21.6. The number of pyridine rings is 1. The van der Waals surface area contributed by atoms with Crippen LogP contribution in [0, 0.1) is 12.3 Å². The van der Waals surface area contributed by atoms with Gasteiger partial charge in [0.15, 0.2) is 0 Å². The van der Waals surface area contributed by atoms with Crippen molar-refractivity contribution in [1.82, 2.24) is 15.2 Å². The molecule has 8 nitrogen and oxygen atoms in total. The number of piperidine rings is 1. The number of rotatable bonds is 4. The Morgan fingerprint density at radius 1 is 1.31 bits per heavy atom. The summed E-state index contributed by atoms with van der Waals surface area (Å²) in [5.41, 5.74) is -0.135. The van der Waals surface area contributed by atoms with Crippen LogP contribution in [0.3, 0.4) is 0 Å². The molecular weight excluding hydrogens is 440 g/mol. The quantitative estimate of drug-likeness (QED) is 0.664. The van der Waals surface area contributed by atoms with Crippen molar-refractivity contribution in [3.8, 4) is 0 Å². The third-order valence-corrected chi connectivity index (χ3v) is 5.76. The van der Waals surface area contributed by atoms with Gasteiger partial charge in [-0.25, -0.2) is 9.78 Å². The van der Waals surface area contributed by atoms with E-state index in [-0.39, 0.29) is 23.3 Å². The molecule has 3 amide bonds. The van der Waals surface area contributed by atoms with E-state index in [4.69, 9.17) is 4.74 Å². The summed E-state index contributed by atoms with van der Waals surface area (Å²) >= 11 is 3.31. The van der Waals surface area contributed by atoms with Crippen molar-refractivity contribution < 1.29 is 19.1 Å². The first-order valence-corrected chi connectivity index (χ1v) is 10.4. The van der Waals surface area contributed by atoms with Gasteiger partial charge in [-0.15, -0.1) is 0 Å². The molecule has 0 bridgehead atoms. The summed E-state index contributed by atoms with van der Waals surface area (Å²) in [6, 6.07) is 2.84. The molecule has 1 aromatic rings. The Labute approximate surface area is 178 Å². The maximum Gasteiger partial charge on any atom is 0.411 e. The number of halogens is 1. The van der Waals surface area contributed by atoms with Crippen LogP contribution in [-0.2, 0) is 14.3 Å². The SMILES string of the molecule is CC(=O)NC[C@@]12C[C@@H](C(=O)Nc3nc(Br)ccc3C)N(C(=O)OC(C)(C)C)[C@@H]1C2. The smallest absolute Gasteiger partial charge is 0.411 e. The second-order valence-corrected chi connectivity index (χ2v) is 9.70. The second kappa shape index (κ2) is 7.59. The zero-order valence-corrected chi connectivity index (χ0v) is 18.9. The first-order valence-electron chi connectivity index (χ1n) is 9.62. The average Bonchev–Trinajstić information content (AvgIpc) is 3.19. The van der Waals surface area contributed by atoms with E-state index < -0.39 is 17.7 Å². The highest BCUT2D eigenvalue weighted by Crippen LogP contribution is 2.59. The number of ether oxygens (including phenoxy) is 1. The number of carbonyl (C=O) groups is 3. The normalized spacial score (nSPS) is 25.2. The Balaban J connectivity index is 1.82. The van der Waals surface area contributed by atoms with Crippen molar-refractivity contribution in [2.45, 2.75) is 65.1 Å². The van der Waals surface area contributed by atoms with E-state index >= 15 is 0 Å². The van der Waals surface area contributed by atoms with Crippen molar-refractivity contribution in [2.24, 2.45) is 5.41 Å². The molecule has 9 heteroatoms. The van der Waals surface area contributed by atoms with E-state index in [1.165, 1.54) is 11.8 Å². The van der Waals surface area contributed by atoms with Gasteiger partial charge < -0.3 is 15.4 Å². The van der Waals surface area contributed by atoms with E-state index in [0.717, 1.165) is 12.0 Å². The van der Waals surface area contributed by atoms with Gasteiger partial charge in [-0.1, -0.05) is 6.07 Å². The highest BCUT2D eigenvalue weighted by atomic mass is 79.9. The average molecular weight is 467 g/mol. The standard InChI is InChI=1S/C20H27BrN4O4/c1-11-6-7-15(21)23-16(11)24-17(27)13-8-20(10-22-12(2)26)9-14(20)25(13)18(28)29-19(3,4)5/h6-7,13-14H,8-10H2,1-5H3,(H,22,26)(H,23,24,27)/t13-,14+,20-/m0/s1. The zero-order valence-electron chi connectivity index (χ0n) is 17.3.